The van der Waals surface area contributed by atoms with Gasteiger partial charge in [-0.15, -0.1) is 6.58 Å². The zero-order valence-corrected chi connectivity index (χ0v) is 11.8. The predicted molar refractivity (Wildman–Crippen MR) is 81.6 cm³/mol. The number of hydrogen-bond acceptors (Lipinski definition) is 3. The van der Waals surface area contributed by atoms with E-state index in [1.807, 2.05) is 24.3 Å². The Kier molecular flexibility index (Phi) is 2.51. The minimum Gasteiger partial charge on any atom is -0.311 e. The van der Waals surface area contributed by atoms with Crippen LogP contribution in [0.15, 0.2) is 43.1 Å². The summed E-state index contributed by atoms with van der Waals surface area (Å²) in [6.07, 6.45) is 3.40. The Morgan fingerprint density at radius 3 is 2.95 bits per heavy atom. The standard InChI is InChI=1S/C16H14N4O2/c1-2-7-20-12-6-4-3-5-10(12)16(15(20)22)8-13(21)18-14-11(16)9-17-19-14/h2-6,9H,1,7-8H2,(H2,17,18,19,21). The number of H-pyrrole nitrogens is 1. The van der Waals surface area contributed by atoms with E-state index >= 15 is 0 Å². The normalized spacial score (nSPS) is 22.5. The van der Waals surface area contributed by atoms with Gasteiger partial charge in [0, 0.05) is 24.2 Å². The lowest BCUT2D eigenvalue weighted by atomic mass is 9.72. The molecule has 1 atom stereocenters. The van der Waals surface area contributed by atoms with Crippen LogP contribution in [-0.4, -0.2) is 28.6 Å². The lowest BCUT2D eigenvalue weighted by Crippen LogP contribution is -2.46. The Bertz CT molecular complexity index is 810. The van der Waals surface area contributed by atoms with Crippen molar-refractivity contribution in [2.24, 2.45) is 0 Å². The van der Waals surface area contributed by atoms with E-state index in [-0.39, 0.29) is 18.2 Å². The van der Waals surface area contributed by atoms with Crippen LogP contribution in [0, 0.1) is 0 Å². The van der Waals surface area contributed by atoms with Crippen molar-refractivity contribution in [3.8, 4) is 0 Å². The van der Waals surface area contributed by atoms with Gasteiger partial charge < -0.3 is 10.2 Å². The minimum atomic E-state index is -0.996. The highest BCUT2D eigenvalue weighted by atomic mass is 16.2. The van der Waals surface area contributed by atoms with Crippen molar-refractivity contribution >= 4 is 23.3 Å². The molecule has 4 rings (SSSR count). The summed E-state index contributed by atoms with van der Waals surface area (Å²) >= 11 is 0. The summed E-state index contributed by atoms with van der Waals surface area (Å²) in [5.74, 6) is 0.200. The van der Waals surface area contributed by atoms with E-state index in [1.54, 1.807) is 17.2 Å². The molecule has 6 heteroatoms. The molecule has 6 nitrogen and oxygen atoms in total. The molecule has 22 heavy (non-hydrogen) atoms. The first-order valence-corrected chi connectivity index (χ1v) is 7.04. The number of para-hydroxylation sites is 1. The van der Waals surface area contributed by atoms with Crippen LogP contribution in [0.25, 0.3) is 0 Å². The van der Waals surface area contributed by atoms with Gasteiger partial charge in [0.05, 0.1) is 6.20 Å². The van der Waals surface area contributed by atoms with Crippen LogP contribution in [-0.2, 0) is 15.0 Å². The van der Waals surface area contributed by atoms with Crippen molar-refractivity contribution in [3.63, 3.8) is 0 Å². The maximum absolute atomic E-state index is 13.2. The van der Waals surface area contributed by atoms with Crippen molar-refractivity contribution in [2.45, 2.75) is 11.8 Å². The van der Waals surface area contributed by atoms with Gasteiger partial charge in [-0.25, -0.2) is 0 Å². The highest BCUT2D eigenvalue weighted by Crippen LogP contribution is 2.51. The average molecular weight is 294 g/mol. The van der Waals surface area contributed by atoms with Crippen LogP contribution in [0.3, 0.4) is 0 Å². The summed E-state index contributed by atoms with van der Waals surface area (Å²) in [5, 5.41) is 9.51. The van der Waals surface area contributed by atoms with E-state index < -0.39 is 5.41 Å². The van der Waals surface area contributed by atoms with Crippen LogP contribution in [0.1, 0.15) is 17.5 Å². The van der Waals surface area contributed by atoms with Gasteiger partial charge in [-0.1, -0.05) is 24.3 Å². The number of nitrogens with zero attached hydrogens (tertiary/aromatic N) is 2. The van der Waals surface area contributed by atoms with Gasteiger partial charge in [0.1, 0.15) is 11.2 Å². The molecule has 0 bridgehead atoms. The van der Waals surface area contributed by atoms with E-state index in [0.29, 0.717) is 12.4 Å². The fourth-order valence-electron chi connectivity index (χ4n) is 3.49. The topological polar surface area (TPSA) is 78.1 Å². The van der Waals surface area contributed by atoms with Gasteiger partial charge in [0.2, 0.25) is 11.8 Å². The second kappa shape index (κ2) is 4.30. The van der Waals surface area contributed by atoms with Crippen LogP contribution >= 0.6 is 0 Å². The monoisotopic (exact) mass is 294 g/mol. The summed E-state index contributed by atoms with van der Waals surface area (Å²) < 4.78 is 0. The molecule has 1 aromatic carbocycles. The molecule has 0 radical (unpaired) electrons. The number of carbonyl (C=O) groups is 2. The fraction of sp³-hybridized carbons (Fsp3) is 0.188. The maximum Gasteiger partial charge on any atom is 0.243 e. The quantitative estimate of drug-likeness (QED) is 0.825. The lowest BCUT2D eigenvalue weighted by molar-refractivity contribution is -0.126. The van der Waals surface area contributed by atoms with Crippen LogP contribution in [0.5, 0.6) is 0 Å². The first kappa shape index (κ1) is 12.8. The lowest BCUT2D eigenvalue weighted by Gasteiger charge is -2.31. The average Bonchev–Trinajstić information content (AvgIpc) is 3.06. The molecule has 2 amide bonds. The van der Waals surface area contributed by atoms with Crippen molar-refractivity contribution in [3.05, 3.63) is 54.2 Å². The highest BCUT2D eigenvalue weighted by Gasteiger charge is 2.56. The van der Waals surface area contributed by atoms with Crippen LogP contribution in [0.4, 0.5) is 11.5 Å². The Morgan fingerprint density at radius 2 is 2.14 bits per heavy atom. The van der Waals surface area contributed by atoms with E-state index in [2.05, 4.69) is 22.1 Å². The Morgan fingerprint density at radius 1 is 1.32 bits per heavy atom. The molecule has 0 aliphatic carbocycles. The van der Waals surface area contributed by atoms with E-state index in [4.69, 9.17) is 0 Å². The van der Waals surface area contributed by atoms with Crippen molar-refractivity contribution in [1.82, 2.24) is 10.2 Å². The van der Waals surface area contributed by atoms with E-state index in [1.165, 1.54) is 0 Å². The number of hydrogen-bond donors (Lipinski definition) is 2. The number of aromatic nitrogens is 2. The largest absolute Gasteiger partial charge is 0.311 e. The SMILES string of the molecule is C=CCN1C(=O)C2(CC(=O)Nc3[nH]ncc32)c2ccccc21. The molecule has 2 aliphatic rings. The molecular weight excluding hydrogens is 280 g/mol. The zero-order valence-electron chi connectivity index (χ0n) is 11.8. The third kappa shape index (κ3) is 1.41. The second-order valence-corrected chi connectivity index (χ2v) is 5.51. The molecule has 1 spiro atoms. The molecular formula is C16H14N4O2. The summed E-state index contributed by atoms with van der Waals surface area (Å²) in [5.41, 5.74) is 1.40. The molecule has 0 saturated carbocycles. The number of benzene rings is 1. The van der Waals surface area contributed by atoms with E-state index in [0.717, 1.165) is 16.8 Å². The Balaban J connectivity index is 2.02. The third-order valence-corrected chi connectivity index (χ3v) is 4.37. The summed E-state index contributed by atoms with van der Waals surface area (Å²) in [4.78, 5) is 27.0. The van der Waals surface area contributed by atoms with Crippen LogP contribution < -0.4 is 10.2 Å². The van der Waals surface area contributed by atoms with Gasteiger partial charge in [-0.2, -0.15) is 5.10 Å². The molecule has 3 heterocycles. The molecule has 110 valence electrons. The fourth-order valence-corrected chi connectivity index (χ4v) is 3.49. The van der Waals surface area contributed by atoms with Gasteiger partial charge in [0.25, 0.3) is 0 Å². The smallest absolute Gasteiger partial charge is 0.243 e. The number of rotatable bonds is 2. The number of fused-ring (bicyclic) bond motifs is 4. The molecule has 0 saturated heterocycles. The second-order valence-electron chi connectivity index (χ2n) is 5.51. The van der Waals surface area contributed by atoms with Gasteiger partial charge >= 0.3 is 0 Å². The van der Waals surface area contributed by atoms with Gasteiger partial charge in [0.15, 0.2) is 0 Å². The molecule has 2 aromatic rings. The molecule has 2 aliphatic heterocycles. The van der Waals surface area contributed by atoms with Crippen LogP contribution in [0.2, 0.25) is 0 Å². The van der Waals surface area contributed by atoms with Crippen molar-refractivity contribution in [1.29, 1.82) is 0 Å². The first-order chi connectivity index (χ1) is 10.7. The molecule has 0 fully saturated rings. The van der Waals surface area contributed by atoms with Crippen molar-refractivity contribution < 1.29 is 9.59 Å². The number of nitrogens with one attached hydrogen (secondary N) is 2. The molecule has 1 unspecified atom stereocenters. The minimum absolute atomic E-state index is 0.0863. The summed E-state index contributed by atoms with van der Waals surface area (Å²) in [6.45, 7) is 4.13. The van der Waals surface area contributed by atoms with Gasteiger partial charge in [-0.05, 0) is 11.6 Å². The predicted octanol–water partition coefficient (Wildman–Crippen LogP) is 1.57. The Labute approximate surface area is 126 Å². The number of aromatic amines is 1. The molecule has 2 N–H and O–H groups in total. The first-order valence-electron chi connectivity index (χ1n) is 7.04. The number of anilines is 2. The highest BCUT2D eigenvalue weighted by molar-refractivity contribution is 6.15. The summed E-state index contributed by atoms with van der Waals surface area (Å²) in [6, 6.07) is 7.58. The number of amides is 2. The number of carbonyl (C=O) groups excluding carboxylic acids is 2. The van der Waals surface area contributed by atoms with Crippen molar-refractivity contribution in [2.75, 3.05) is 16.8 Å². The Hall–Kier alpha value is -2.89. The molecule has 1 aromatic heterocycles. The maximum atomic E-state index is 13.2. The van der Waals surface area contributed by atoms with E-state index in [9.17, 15) is 9.59 Å². The van der Waals surface area contributed by atoms with Gasteiger partial charge in [-0.3, -0.25) is 14.7 Å². The summed E-state index contributed by atoms with van der Waals surface area (Å²) in [7, 11) is 0. The third-order valence-electron chi connectivity index (χ3n) is 4.37. The zero-order chi connectivity index (χ0) is 15.3.